The Labute approximate surface area is 137 Å². The van der Waals surface area contributed by atoms with Crippen LogP contribution in [0.4, 0.5) is 5.95 Å². The average molecular weight is 338 g/mol. The lowest BCUT2D eigenvalue weighted by Crippen LogP contribution is -2.41. The molecule has 0 aliphatic carbocycles. The molecule has 3 rings (SSSR count). The van der Waals surface area contributed by atoms with Crippen LogP contribution in [-0.2, 0) is 19.0 Å². The molecule has 0 bridgehead atoms. The fraction of sp³-hybridized carbons (Fsp3) is 0.714. The third kappa shape index (κ3) is 3.22. The second-order valence-corrected chi connectivity index (χ2v) is 9.55. The van der Waals surface area contributed by atoms with Crippen LogP contribution in [0, 0.1) is 4.78 Å². The number of aromatic nitrogens is 2. The summed E-state index contributed by atoms with van der Waals surface area (Å²) in [6.07, 6.45) is 3.44. The Bertz CT molecular complexity index is 660. The highest BCUT2D eigenvalue weighted by Gasteiger charge is 2.52. The minimum absolute atomic E-state index is 0.370. The van der Waals surface area contributed by atoms with Gasteiger partial charge in [-0.25, -0.2) is 14.2 Å². The Balaban J connectivity index is 1.71. The molecule has 2 fully saturated rings. The van der Waals surface area contributed by atoms with E-state index in [2.05, 4.69) is 9.97 Å². The second-order valence-electron chi connectivity index (χ2n) is 7.11. The van der Waals surface area contributed by atoms with Crippen LogP contribution in [-0.4, -0.2) is 57.1 Å². The van der Waals surface area contributed by atoms with E-state index in [-0.39, 0.29) is 0 Å². The minimum atomic E-state index is -2.41. The average Bonchev–Trinajstić information content (AvgIpc) is 2.68. The van der Waals surface area contributed by atoms with Gasteiger partial charge in [0.25, 0.3) is 0 Å². The standard InChI is InChI=1S/C14H23BN4O3S/c1-13(2)14(3,4)22-15(21-13)11-9-17-12(18-10-11)19-5-7-23(16,20)8-6-19/h9-10,16H,5-8H2,1-4H3. The molecule has 1 N–H and O–H groups in total. The Kier molecular flexibility index (Phi) is 3.93. The summed E-state index contributed by atoms with van der Waals surface area (Å²) in [6.45, 7) is 9.14. The topological polar surface area (TPSA) is 88.4 Å². The molecule has 9 heteroatoms. The van der Waals surface area contributed by atoms with Crippen molar-refractivity contribution in [1.29, 1.82) is 4.78 Å². The first-order chi connectivity index (χ1) is 10.6. The molecule has 1 aromatic heterocycles. The van der Waals surface area contributed by atoms with Crippen molar-refractivity contribution in [3.05, 3.63) is 12.4 Å². The first-order valence-electron chi connectivity index (χ1n) is 7.76. The lowest BCUT2D eigenvalue weighted by atomic mass is 9.81. The molecule has 1 aromatic rings. The molecular weight excluding hydrogens is 315 g/mol. The summed E-state index contributed by atoms with van der Waals surface area (Å²) in [5, 5.41) is 0. The Morgan fingerprint density at radius 3 is 2.09 bits per heavy atom. The van der Waals surface area contributed by atoms with Crippen LogP contribution in [0.5, 0.6) is 0 Å². The molecule has 2 aliphatic heterocycles. The zero-order chi connectivity index (χ0) is 16.9. The van der Waals surface area contributed by atoms with E-state index in [4.69, 9.17) is 14.1 Å². The molecule has 0 aromatic carbocycles. The number of nitrogens with one attached hydrogen (secondary N) is 1. The second kappa shape index (κ2) is 5.42. The molecular formula is C14H23BN4O3S. The van der Waals surface area contributed by atoms with Gasteiger partial charge in [-0.05, 0) is 27.7 Å². The molecule has 0 radical (unpaired) electrons. The number of hydrogen-bond donors (Lipinski definition) is 1. The van der Waals surface area contributed by atoms with Gasteiger partial charge >= 0.3 is 7.12 Å². The highest BCUT2D eigenvalue weighted by atomic mass is 32.2. The highest BCUT2D eigenvalue weighted by Crippen LogP contribution is 2.36. The summed E-state index contributed by atoms with van der Waals surface area (Å²) in [5.74, 6) is 1.34. The number of hydrogen-bond acceptors (Lipinski definition) is 7. The summed E-state index contributed by atoms with van der Waals surface area (Å²) in [4.78, 5) is 10.7. The third-order valence-electron chi connectivity index (χ3n) is 4.85. The predicted molar refractivity (Wildman–Crippen MR) is 90.6 cm³/mol. The SMILES string of the molecule is CC1(C)OB(c2cnc(N3CCS(=N)(=O)CC3)nc2)OC1(C)C. The van der Waals surface area contributed by atoms with Gasteiger partial charge in [0.2, 0.25) is 5.95 Å². The lowest BCUT2D eigenvalue weighted by Gasteiger charge is -2.32. The number of anilines is 1. The molecule has 126 valence electrons. The van der Waals surface area contributed by atoms with Crippen LogP contribution in [0.1, 0.15) is 27.7 Å². The molecule has 0 unspecified atom stereocenters. The first-order valence-corrected chi connectivity index (χ1v) is 9.66. The van der Waals surface area contributed by atoms with Crippen molar-refractivity contribution >= 4 is 28.3 Å². The van der Waals surface area contributed by atoms with E-state index in [1.54, 1.807) is 12.4 Å². The fourth-order valence-corrected chi connectivity index (χ4v) is 3.76. The van der Waals surface area contributed by atoms with Gasteiger partial charge < -0.3 is 14.2 Å². The van der Waals surface area contributed by atoms with Crippen LogP contribution in [0.2, 0.25) is 0 Å². The lowest BCUT2D eigenvalue weighted by molar-refractivity contribution is 0.00578. The van der Waals surface area contributed by atoms with Crippen molar-refractivity contribution in [1.82, 2.24) is 9.97 Å². The van der Waals surface area contributed by atoms with Crippen LogP contribution in [0.3, 0.4) is 0 Å². The van der Waals surface area contributed by atoms with Crippen molar-refractivity contribution in [3.63, 3.8) is 0 Å². The Morgan fingerprint density at radius 2 is 1.61 bits per heavy atom. The molecule has 23 heavy (non-hydrogen) atoms. The molecule has 0 atom stereocenters. The third-order valence-corrected chi connectivity index (χ3v) is 6.53. The molecule has 3 heterocycles. The van der Waals surface area contributed by atoms with E-state index in [9.17, 15) is 4.21 Å². The van der Waals surface area contributed by atoms with Crippen LogP contribution < -0.4 is 10.4 Å². The molecule has 0 saturated carbocycles. The molecule has 2 saturated heterocycles. The maximum Gasteiger partial charge on any atom is 0.498 e. The van der Waals surface area contributed by atoms with E-state index in [0.717, 1.165) is 5.46 Å². The largest absolute Gasteiger partial charge is 0.498 e. The van der Waals surface area contributed by atoms with Crippen molar-refractivity contribution in [2.24, 2.45) is 0 Å². The molecule has 2 aliphatic rings. The molecule has 0 amide bonds. The van der Waals surface area contributed by atoms with Gasteiger partial charge in [-0.3, -0.25) is 4.78 Å². The minimum Gasteiger partial charge on any atom is -0.399 e. The van der Waals surface area contributed by atoms with E-state index in [1.807, 2.05) is 32.6 Å². The number of nitrogens with zero attached hydrogens (tertiary/aromatic N) is 3. The Morgan fingerprint density at radius 1 is 1.13 bits per heavy atom. The van der Waals surface area contributed by atoms with E-state index >= 15 is 0 Å². The summed E-state index contributed by atoms with van der Waals surface area (Å²) < 4.78 is 31.3. The van der Waals surface area contributed by atoms with Gasteiger partial charge in [0.15, 0.2) is 0 Å². The van der Waals surface area contributed by atoms with Crippen LogP contribution >= 0.6 is 0 Å². The van der Waals surface area contributed by atoms with Crippen molar-refractivity contribution in [2.45, 2.75) is 38.9 Å². The van der Waals surface area contributed by atoms with Crippen molar-refractivity contribution in [2.75, 3.05) is 29.5 Å². The zero-order valence-corrected chi connectivity index (χ0v) is 14.9. The quantitative estimate of drug-likeness (QED) is 0.797. The Hall–Kier alpha value is -1.19. The van der Waals surface area contributed by atoms with Crippen molar-refractivity contribution in [3.8, 4) is 0 Å². The maximum absolute atomic E-state index is 11.7. The van der Waals surface area contributed by atoms with E-state index < -0.39 is 28.0 Å². The van der Waals surface area contributed by atoms with E-state index in [0.29, 0.717) is 30.5 Å². The van der Waals surface area contributed by atoms with Crippen LogP contribution in [0.15, 0.2) is 12.4 Å². The van der Waals surface area contributed by atoms with E-state index in [1.165, 1.54) is 0 Å². The maximum atomic E-state index is 11.7. The van der Waals surface area contributed by atoms with Crippen molar-refractivity contribution < 1.29 is 13.5 Å². The fourth-order valence-electron chi connectivity index (χ4n) is 2.52. The highest BCUT2D eigenvalue weighted by molar-refractivity contribution is 7.92. The smallest absolute Gasteiger partial charge is 0.399 e. The van der Waals surface area contributed by atoms with Gasteiger partial charge in [0.05, 0.1) is 11.2 Å². The molecule has 0 spiro atoms. The summed E-state index contributed by atoms with van der Waals surface area (Å²) in [6, 6.07) is 0. The normalized spacial score (nSPS) is 25.6. The van der Waals surface area contributed by atoms with Gasteiger partial charge in [-0.2, -0.15) is 0 Å². The zero-order valence-electron chi connectivity index (χ0n) is 14.0. The van der Waals surface area contributed by atoms with Gasteiger partial charge in [0, 0.05) is 52.2 Å². The van der Waals surface area contributed by atoms with Gasteiger partial charge in [-0.15, -0.1) is 0 Å². The predicted octanol–water partition coefficient (Wildman–Crippen LogP) is 0.643. The van der Waals surface area contributed by atoms with Crippen LogP contribution in [0.25, 0.3) is 0 Å². The summed E-state index contributed by atoms with van der Waals surface area (Å²) >= 11 is 0. The van der Waals surface area contributed by atoms with Gasteiger partial charge in [0.1, 0.15) is 0 Å². The monoisotopic (exact) mass is 338 g/mol. The van der Waals surface area contributed by atoms with Gasteiger partial charge in [-0.1, -0.05) is 0 Å². The molecule has 7 nitrogen and oxygen atoms in total. The number of rotatable bonds is 2. The summed E-state index contributed by atoms with van der Waals surface area (Å²) in [7, 11) is -2.88. The summed E-state index contributed by atoms with van der Waals surface area (Å²) in [5.41, 5.74) is 0.00323. The first kappa shape index (κ1) is 16.7.